The lowest BCUT2D eigenvalue weighted by Crippen LogP contribution is -2.37. The van der Waals surface area contributed by atoms with E-state index in [1.165, 1.54) is 0 Å². The van der Waals surface area contributed by atoms with Crippen molar-refractivity contribution in [2.75, 3.05) is 6.54 Å². The Bertz CT molecular complexity index is 563. The van der Waals surface area contributed by atoms with Crippen molar-refractivity contribution in [3.63, 3.8) is 0 Å². The van der Waals surface area contributed by atoms with E-state index in [0.717, 1.165) is 37.1 Å². The molecule has 0 aliphatic carbocycles. The summed E-state index contributed by atoms with van der Waals surface area (Å²) in [4.78, 5) is 15.8. The summed E-state index contributed by atoms with van der Waals surface area (Å²) in [5.74, 6) is 0. The highest BCUT2D eigenvalue weighted by molar-refractivity contribution is 5.74. The number of urea groups is 1. The molecule has 2 amide bonds. The average molecular weight is 300 g/mol. The van der Waals surface area contributed by atoms with Crippen LogP contribution in [0.4, 0.5) is 4.79 Å². The number of imidazole rings is 1. The first kappa shape index (κ1) is 16.1. The number of nitrogens with zero attached hydrogens (tertiary/aromatic N) is 2. The van der Waals surface area contributed by atoms with E-state index in [2.05, 4.69) is 22.5 Å². The molecule has 0 aliphatic rings. The lowest BCUT2D eigenvalue weighted by atomic mass is 10.1. The van der Waals surface area contributed by atoms with Crippen molar-refractivity contribution in [2.45, 2.75) is 39.2 Å². The third kappa shape index (κ3) is 4.62. The average Bonchev–Trinajstić information content (AvgIpc) is 3.06. The molecular weight excluding hydrogens is 276 g/mol. The second kappa shape index (κ2) is 8.22. The van der Waals surface area contributed by atoms with Gasteiger partial charge in [0.2, 0.25) is 0 Å². The fourth-order valence-corrected chi connectivity index (χ4v) is 2.25. The molecule has 0 aliphatic heterocycles. The van der Waals surface area contributed by atoms with Gasteiger partial charge in [0.15, 0.2) is 0 Å². The molecule has 2 N–H and O–H groups in total. The number of aromatic nitrogens is 2. The summed E-state index contributed by atoms with van der Waals surface area (Å²) in [6, 6.07) is 7.96. The summed E-state index contributed by atoms with van der Waals surface area (Å²) in [6.45, 7) is 4.86. The van der Waals surface area contributed by atoms with Crippen LogP contribution in [-0.2, 0) is 0 Å². The molecule has 22 heavy (non-hydrogen) atoms. The smallest absolute Gasteiger partial charge is 0.315 e. The summed E-state index contributed by atoms with van der Waals surface area (Å²) in [6.07, 6.45) is 8.74. The number of carbonyl (C=O) groups excluding carboxylic acids is 1. The number of nitrogens with one attached hydrogen (secondary N) is 2. The Morgan fingerprint density at radius 3 is 2.68 bits per heavy atom. The van der Waals surface area contributed by atoms with Crippen LogP contribution in [0.3, 0.4) is 0 Å². The molecule has 2 rings (SSSR count). The van der Waals surface area contributed by atoms with Crippen LogP contribution in [0.1, 0.15) is 44.7 Å². The maximum absolute atomic E-state index is 11.8. The molecule has 0 fully saturated rings. The molecule has 2 aromatic rings. The monoisotopic (exact) mass is 300 g/mol. The van der Waals surface area contributed by atoms with Crippen LogP contribution in [0.15, 0.2) is 43.0 Å². The fraction of sp³-hybridized carbons (Fsp3) is 0.412. The number of rotatable bonds is 7. The Morgan fingerprint density at radius 2 is 2.05 bits per heavy atom. The summed E-state index contributed by atoms with van der Waals surface area (Å²) in [5.41, 5.74) is 2.13. The van der Waals surface area contributed by atoms with Crippen molar-refractivity contribution in [1.29, 1.82) is 0 Å². The Hall–Kier alpha value is -2.30. The number of benzene rings is 1. The van der Waals surface area contributed by atoms with Crippen molar-refractivity contribution in [1.82, 2.24) is 20.2 Å². The van der Waals surface area contributed by atoms with E-state index in [9.17, 15) is 4.79 Å². The van der Waals surface area contributed by atoms with E-state index < -0.39 is 0 Å². The van der Waals surface area contributed by atoms with Gasteiger partial charge < -0.3 is 15.2 Å². The van der Waals surface area contributed by atoms with Gasteiger partial charge in [-0.3, -0.25) is 0 Å². The van der Waals surface area contributed by atoms with Crippen molar-refractivity contribution >= 4 is 6.03 Å². The SMILES string of the molecule is CCCCCNC(=O)N[C@H](C)c1ccc(-n2ccnc2)cc1. The molecule has 5 heteroatoms. The first-order chi connectivity index (χ1) is 10.7. The Morgan fingerprint density at radius 1 is 1.27 bits per heavy atom. The van der Waals surface area contributed by atoms with Crippen molar-refractivity contribution in [3.8, 4) is 5.69 Å². The molecule has 1 aromatic carbocycles. The maximum Gasteiger partial charge on any atom is 0.315 e. The van der Waals surface area contributed by atoms with Gasteiger partial charge in [0, 0.05) is 24.6 Å². The summed E-state index contributed by atoms with van der Waals surface area (Å²) >= 11 is 0. The number of carbonyl (C=O) groups is 1. The largest absolute Gasteiger partial charge is 0.338 e. The molecule has 5 nitrogen and oxygen atoms in total. The molecule has 118 valence electrons. The van der Waals surface area contributed by atoms with Gasteiger partial charge in [-0.2, -0.15) is 0 Å². The summed E-state index contributed by atoms with van der Waals surface area (Å²) < 4.78 is 1.95. The normalized spacial score (nSPS) is 11.9. The first-order valence-electron chi connectivity index (χ1n) is 7.83. The van der Waals surface area contributed by atoms with Crippen molar-refractivity contribution in [3.05, 3.63) is 48.5 Å². The van der Waals surface area contributed by atoms with Gasteiger partial charge in [-0.05, 0) is 31.0 Å². The van der Waals surface area contributed by atoms with E-state index in [-0.39, 0.29) is 12.1 Å². The van der Waals surface area contributed by atoms with Gasteiger partial charge in [-0.15, -0.1) is 0 Å². The lowest BCUT2D eigenvalue weighted by Gasteiger charge is -2.15. The van der Waals surface area contributed by atoms with E-state index in [4.69, 9.17) is 0 Å². The van der Waals surface area contributed by atoms with E-state index in [0.29, 0.717) is 0 Å². The predicted molar refractivity (Wildman–Crippen MR) is 88.0 cm³/mol. The first-order valence-corrected chi connectivity index (χ1v) is 7.83. The zero-order chi connectivity index (χ0) is 15.8. The van der Waals surface area contributed by atoms with Crippen LogP contribution in [0.5, 0.6) is 0 Å². The van der Waals surface area contributed by atoms with Crippen molar-refractivity contribution in [2.24, 2.45) is 0 Å². The minimum Gasteiger partial charge on any atom is -0.338 e. The van der Waals surface area contributed by atoms with Crippen molar-refractivity contribution < 1.29 is 4.79 Å². The minimum absolute atomic E-state index is 0.0250. The van der Waals surface area contributed by atoms with Gasteiger partial charge in [0.1, 0.15) is 0 Å². The third-order valence-electron chi connectivity index (χ3n) is 3.61. The van der Waals surface area contributed by atoms with Crippen LogP contribution in [-0.4, -0.2) is 22.1 Å². The standard InChI is InChI=1S/C17H24N4O/c1-3-4-5-10-19-17(22)20-14(2)15-6-8-16(9-7-15)21-12-11-18-13-21/h6-9,11-14H,3-5,10H2,1-2H3,(H2,19,20,22)/t14-/m1/s1. The Kier molecular flexibility index (Phi) is 6.01. The zero-order valence-corrected chi connectivity index (χ0v) is 13.2. The Labute approximate surface area is 131 Å². The second-order valence-corrected chi connectivity index (χ2v) is 5.39. The molecule has 0 spiro atoms. The second-order valence-electron chi connectivity index (χ2n) is 5.39. The summed E-state index contributed by atoms with van der Waals surface area (Å²) in [5, 5.41) is 5.85. The number of hydrogen-bond donors (Lipinski definition) is 2. The van der Waals surface area contributed by atoms with Gasteiger partial charge in [-0.25, -0.2) is 9.78 Å². The number of unbranched alkanes of at least 4 members (excludes halogenated alkanes) is 2. The van der Waals surface area contributed by atoms with Gasteiger partial charge >= 0.3 is 6.03 Å². The molecule has 1 heterocycles. The zero-order valence-electron chi connectivity index (χ0n) is 13.2. The van der Waals surface area contributed by atoms with Gasteiger partial charge in [-0.1, -0.05) is 31.9 Å². The van der Waals surface area contributed by atoms with Crippen LogP contribution >= 0.6 is 0 Å². The van der Waals surface area contributed by atoms with Crippen LogP contribution in [0.2, 0.25) is 0 Å². The molecular formula is C17H24N4O. The quantitative estimate of drug-likeness (QED) is 0.770. The predicted octanol–water partition coefficient (Wildman–Crippen LogP) is 3.42. The molecule has 1 aromatic heterocycles. The molecule has 0 saturated carbocycles. The highest BCUT2D eigenvalue weighted by Gasteiger charge is 2.09. The van der Waals surface area contributed by atoms with Crippen LogP contribution < -0.4 is 10.6 Å². The molecule has 0 unspecified atom stereocenters. The van der Waals surface area contributed by atoms with E-state index >= 15 is 0 Å². The molecule has 1 atom stereocenters. The van der Waals surface area contributed by atoms with Crippen LogP contribution in [0, 0.1) is 0 Å². The topological polar surface area (TPSA) is 59.0 Å². The highest BCUT2D eigenvalue weighted by atomic mass is 16.2. The summed E-state index contributed by atoms with van der Waals surface area (Å²) in [7, 11) is 0. The highest BCUT2D eigenvalue weighted by Crippen LogP contribution is 2.15. The minimum atomic E-state index is -0.109. The third-order valence-corrected chi connectivity index (χ3v) is 3.61. The van der Waals surface area contributed by atoms with E-state index in [1.54, 1.807) is 12.5 Å². The lowest BCUT2D eigenvalue weighted by molar-refractivity contribution is 0.237. The molecule has 0 radical (unpaired) electrons. The fourth-order valence-electron chi connectivity index (χ4n) is 2.25. The number of amides is 2. The Balaban J connectivity index is 1.84. The maximum atomic E-state index is 11.8. The molecule has 0 saturated heterocycles. The number of hydrogen-bond acceptors (Lipinski definition) is 2. The van der Waals surface area contributed by atoms with E-state index in [1.807, 2.05) is 42.0 Å². The van der Waals surface area contributed by atoms with Crippen LogP contribution in [0.25, 0.3) is 5.69 Å². The molecule has 0 bridgehead atoms. The van der Waals surface area contributed by atoms with Gasteiger partial charge in [0.25, 0.3) is 0 Å². The van der Waals surface area contributed by atoms with Gasteiger partial charge in [0.05, 0.1) is 12.4 Å².